The van der Waals surface area contributed by atoms with E-state index in [1.807, 2.05) is 36.5 Å². The van der Waals surface area contributed by atoms with Crippen LogP contribution in [0.3, 0.4) is 0 Å². The number of nitrogens with one attached hydrogen (secondary N) is 2. The van der Waals surface area contributed by atoms with Crippen LogP contribution in [-0.2, 0) is 6.42 Å². The van der Waals surface area contributed by atoms with Gasteiger partial charge in [0, 0.05) is 29.3 Å². The number of aromatic nitrogens is 2. The molecule has 0 spiro atoms. The molecule has 0 bridgehead atoms. The minimum absolute atomic E-state index is 0. The monoisotopic (exact) mass is 376 g/mol. The maximum Gasteiger partial charge on any atom is 0.159 e. The summed E-state index contributed by atoms with van der Waals surface area (Å²) in [4.78, 5) is 9.15. The van der Waals surface area contributed by atoms with Crippen LogP contribution in [0.4, 0.5) is 5.69 Å². The largest absolute Gasteiger partial charge is 0.493 e. The molecule has 5 nitrogen and oxygen atoms in total. The molecule has 0 saturated heterocycles. The fourth-order valence-electron chi connectivity index (χ4n) is 2.79. The molecule has 4 rings (SSSR count). The summed E-state index contributed by atoms with van der Waals surface area (Å²) in [6.45, 7) is 2.46. The predicted molar refractivity (Wildman–Crippen MR) is 106 cm³/mol. The smallest absolute Gasteiger partial charge is 0.159 e. The van der Waals surface area contributed by atoms with Gasteiger partial charge in [0.05, 0.1) is 18.0 Å². The molecule has 2 aromatic carbocycles. The Morgan fingerprint density at radius 2 is 2.00 bits per heavy atom. The fraction of sp³-hybridized carbons (Fsp3) is 0.167. The molecule has 2 heterocycles. The average Bonchev–Trinajstić information content (AvgIpc) is 3.01. The van der Waals surface area contributed by atoms with E-state index in [4.69, 9.17) is 10.1 Å². The van der Waals surface area contributed by atoms with Crippen molar-refractivity contribution in [3.8, 4) is 17.1 Å². The highest BCUT2D eigenvalue weighted by Gasteiger charge is 2.13. The Bertz CT molecular complexity index is 930. The highest BCUT2D eigenvalue weighted by Crippen LogP contribution is 2.29. The van der Waals surface area contributed by atoms with E-state index in [2.05, 4.69) is 21.4 Å². The van der Waals surface area contributed by atoms with E-state index in [1.54, 1.807) is 6.92 Å². The van der Waals surface area contributed by atoms with Crippen LogP contribution < -0.4 is 10.1 Å². The number of halogens is 2. The number of hydrogen-bond acceptors (Lipinski definition) is 4. The number of ether oxygens (including phenoxy) is 1. The minimum Gasteiger partial charge on any atom is -0.493 e. The Morgan fingerprint density at radius 3 is 2.80 bits per heavy atom. The van der Waals surface area contributed by atoms with Crippen LogP contribution in [0.2, 0.25) is 0 Å². The first kappa shape index (κ1) is 19.0. The molecule has 0 unspecified atom stereocenters. The Labute approximate surface area is 158 Å². The van der Waals surface area contributed by atoms with Crippen molar-refractivity contribution in [3.63, 3.8) is 0 Å². The maximum absolute atomic E-state index is 7.49. The number of benzene rings is 2. The summed E-state index contributed by atoms with van der Waals surface area (Å²) in [5, 5.41) is 11.4. The van der Waals surface area contributed by atoms with E-state index in [0.717, 1.165) is 46.8 Å². The number of amidine groups is 1. The first-order valence-electron chi connectivity index (χ1n) is 7.54. The maximum atomic E-state index is 7.49. The van der Waals surface area contributed by atoms with E-state index in [0.29, 0.717) is 5.84 Å². The molecular formula is C18H18Cl2N4O. The SMILES string of the molecule is CC(=N)Nc1ccc2nc(-c3ccc4c(c3)CCO4)ncc2c1.Cl.Cl. The third kappa shape index (κ3) is 3.83. The number of fused-ring (bicyclic) bond motifs is 2. The molecule has 1 aliphatic heterocycles. The number of nitrogens with zero attached hydrogens (tertiary/aromatic N) is 2. The van der Waals surface area contributed by atoms with E-state index in [-0.39, 0.29) is 24.8 Å². The van der Waals surface area contributed by atoms with Gasteiger partial charge in [-0.05, 0) is 48.9 Å². The standard InChI is InChI=1S/C18H16N4O.2ClH/c1-11(19)21-15-3-4-16-14(9-15)10-20-18(22-16)13-2-5-17-12(8-13)6-7-23-17;;/h2-5,8-10H,6-7H2,1H3,(H2,19,21);2*1H. The second-order valence-electron chi connectivity index (χ2n) is 5.64. The van der Waals surface area contributed by atoms with Crippen molar-refractivity contribution in [1.82, 2.24) is 9.97 Å². The molecule has 0 atom stereocenters. The van der Waals surface area contributed by atoms with Gasteiger partial charge in [-0.25, -0.2) is 9.97 Å². The topological polar surface area (TPSA) is 70.9 Å². The van der Waals surface area contributed by atoms with Crippen molar-refractivity contribution in [1.29, 1.82) is 5.41 Å². The van der Waals surface area contributed by atoms with Gasteiger partial charge in [0.25, 0.3) is 0 Å². The molecule has 0 saturated carbocycles. The second-order valence-corrected chi connectivity index (χ2v) is 5.64. The molecule has 3 aromatic rings. The van der Waals surface area contributed by atoms with E-state index >= 15 is 0 Å². The van der Waals surface area contributed by atoms with Crippen molar-refractivity contribution >= 4 is 47.2 Å². The van der Waals surface area contributed by atoms with Gasteiger partial charge in [-0.15, -0.1) is 24.8 Å². The van der Waals surface area contributed by atoms with Crippen LogP contribution in [0.5, 0.6) is 5.75 Å². The fourth-order valence-corrected chi connectivity index (χ4v) is 2.79. The third-order valence-electron chi connectivity index (χ3n) is 3.86. The summed E-state index contributed by atoms with van der Waals surface area (Å²) < 4.78 is 5.54. The van der Waals surface area contributed by atoms with Crippen LogP contribution in [0, 0.1) is 5.41 Å². The molecule has 7 heteroatoms. The molecule has 0 aliphatic carbocycles. The molecule has 130 valence electrons. The highest BCUT2D eigenvalue weighted by molar-refractivity contribution is 5.93. The zero-order chi connectivity index (χ0) is 15.8. The lowest BCUT2D eigenvalue weighted by Crippen LogP contribution is -2.04. The Kier molecular flexibility index (Phi) is 5.82. The lowest BCUT2D eigenvalue weighted by atomic mass is 10.1. The van der Waals surface area contributed by atoms with Gasteiger partial charge in [-0.3, -0.25) is 5.41 Å². The molecule has 0 amide bonds. The predicted octanol–water partition coefficient (Wildman–Crippen LogP) is 4.48. The quantitative estimate of drug-likeness (QED) is 0.510. The van der Waals surface area contributed by atoms with Gasteiger partial charge in [0.1, 0.15) is 5.75 Å². The number of anilines is 1. The van der Waals surface area contributed by atoms with Gasteiger partial charge < -0.3 is 10.1 Å². The van der Waals surface area contributed by atoms with Gasteiger partial charge in [-0.2, -0.15) is 0 Å². The van der Waals surface area contributed by atoms with Crippen molar-refractivity contribution in [2.45, 2.75) is 13.3 Å². The molecular weight excluding hydrogens is 359 g/mol. The summed E-state index contributed by atoms with van der Waals surface area (Å²) >= 11 is 0. The van der Waals surface area contributed by atoms with Crippen molar-refractivity contribution < 1.29 is 4.74 Å². The molecule has 25 heavy (non-hydrogen) atoms. The second kappa shape index (κ2) is 7.68. The summed E-state index contributed by atoms with van der Waals surface area (Å²) in [5.74, 6) is 2.09. The van der Waals surface area contributed by atoms with Crippen LogP contribution in [0.15, 0.2) is 42.6 Å². The Balaban J connectivity index is 0.00000113. The summed E-state index contributed by atoms with van der Waals surface area (Å²) in [7, 11) is 0. The third-order valence-corrected chi connectivity index (χ3v) is 3.86. The van der Waals surface area contributed by atoms with Gasteiger partial charge in [0.15, 0.2) is 5.82 Å². The summed E-state index contributed by atoms with van der Waals surface area (Å²) in [6, 6.07) is 11.9. The van der Waals surface area contributed by atoms with Crippen LogP contribution in [0.1, 0.15) is 12.5 Å². The zero-order valence-corrected chi connectivity index (χ0v) is 15.2. The first-order valence-corrected chi connectivity index (χ1v) is 7.54. The average molecular weight is 377 g/mol. The minimum atomic E-state index is 0. The Hall–Kier alpha value is -2.37. The highest BCUT2D eigenvalue weighted by atomic mass is 35.5. The lowest BCUT2D eigenvalue weighted by Gasteiger charge is -2.07. The summed E-state index contributed by atoms with van der Waals surface area (Å²) in [6.07, 6.45) is 2.76. The van der Waals surface area contributed by atoms with Gasteiger partial charge in [0.2, 0.25) is 0 Å². The first-order chi connectivity index (χ1) is 11.2. The lowest BCUT2D eigenvalue weighted by molar-refractivity contribution is 0.357. The summed E-state index contributed by atoms with van der Waals surface area (Å²) in [5.41, 5.74) is 3.98. The number of hydrogen-bond donors (Lipinski definition) is 2. The number of rotatable bonds is 2. The molecule has 0 radical (unpaired) electrons. The van der Waals surface area contributed by atoms with Crippen LogP contribution in [-0.4, -0.2) is 22.4 Å². The molecule has 1 aliphatic rings. The molecule has 2 N–H and O–H groups in total. The van der Waals surface area contributed by atoms with Gasteiger partial charge in [-0.1, -0.05) is 0 Å². The van der Waals surface area contributed by atoms with E-state index < -0.39 is 0 Å². The van der Waals surface area contributed by atoms with E-state index in [9.17, 15) is 0 Å². The van der Waals surface area contributed by atoms with Crippen molar-refractivity contribution in [2.75, 3.05) is 11.9 Å². The van der Waals surface area contributed by atoms with Gasteiger partial charge >= 0.3 is 0 Å². The normalized spacial score (nSPS) is 11.7. The zero-order valence-electron chi connectivity index (χ0n) is 13.6. The van der Waals surface area contributed by atoms with Crippen LogP contribution >= 0.6 is 24.8 Å². The van der Waals surface area contributed by atoms with Crippen molar-refractivity contribution in [2.24, 2.45) is 0 Å². The molecule has 1 aromatic heterocycles. The Morgan fingerprint density at radius 1 is 1.16 bits per heavy atom. The van der Waals surface area contributed by atoms with Crippen molar-refractivity contribution in [3.05, 3.63) is 48.2 Å². The van der Waals surface area contributed by atoms with Crippen LogP contribution in [0.25, 0.3) is 22.3 Å². The molecule has 0 fully saturated rings. The van der Waals surface area contributed by atoms with E-state index in [1.165, 1.54) is 5.56 Å².